The van der Waals surface area contributed by atoms with Crippen LogP contribution in [0, 0.1) is 3.57 Å². The number of esters is 1. The third-order valence-electron chi connectivity index (χ3n) is 1.80. The van der Waals surface area contributed by atoms with Crippen LogP contribution in [-0.2, 0) is 4.74 Å². The number of hydrogen-bond acceptors (Lipinski definition) is 4. The fourth-order valence-corrected chi connectivity index (χ4v) is 1.83. The van der Waals surface area contributed by atoms with Crippen LogP contribution in [0.1, 0.15) is 45.0 Å². The first-order valence-electron chi connectivity index (χ1n) is 5.74. The molecule has 0 saturated carbocycles. The quantitative estimate of drug-likeness (QED) is 0.610. The molecule has 0 aliphatic heterocycles. The van der Waals surface area contributed by atoms with E-state index in [1.165, 1.54) is 6.20 Å². The van der Waals surface area contributed by atoms with Gasteiger partial charge in [-0.3, -0.25) is 0 Å². The van der Waals surface area contributed by atoms with Crippen molar-refractivity contribution in [1.82, 2.24) is 4.98 Å². The summed E-state index contributed by atoms with van der Waals surface area (Å²) in [5.41, 5.74) is -0.0468. The Labute approximate surface area is 121 Å². The average molecular weight is 363 g/mol. The molecule has 0 fully saturated rings. The minimum absolute atomic E-state index is 0.0562. The van der Waals surface area contributed by atoms with E-state index in [2.05, 4.69) is 27.6 Å². The van der Waals surface area contributed by atoms with Crippen molar-refractivity contribution in [2.45, 2.75) is 46.3 Å². The first kappa shape index (κ1) is 15.2. The highest BCUT2D eigenvalue weighted by Crippen LogP contribution is 2.20. The summed E-state index contributed by atoms with van der Waals surface area (Å²) in [6, 6.07) is 1.74. The van der Waals surface area contributed by atoms with Gasteiger partial charge >= 0.3 is 5.97 Å². The van der Waals surface area contributed by atoms with Crippen LogP contribution >= 0.6 is 22.6 Å². The minimum atomic E-state index is -0.507. The predicted octanol–water partition coefficient (Wildman–Crippen LogP) is 3.43. The zero-order valence-corrected chi connectivity index (χ0v) is 13.4. The van der Waals surface area contributed by atoms with Crippen molar-refractivity contribution in [3.63, 3.8) is 0 Å². The van der Waals surface area contributed by atoms with Crippen molar-refractivity contribution in [2.24, 2.45) is 0 Å². The van der Waals surface area contributed by atoms with E-state index in [4.69, 9.17) is 9.47 Å². The molecule has 100 valence electrons. The maximum Gasteiger partial charge on any atom is 0.341 e. The van der Waals surface area contributed by atoms with E-state index in [0.717, 1.165) is 3.57 Å². The highest BCUT2D eigenvalue weighted by molar-refractivity contribution is 14.1. The van der Waals surface area contributed by atoms with Crippen molar-refractivity contribution in [2.75, 3.05) is 0 Å². The Morgan fingerprint density at radius 1 is 1.39 bits per heavy atom. The summed E-state index contributed by atoms with van der Waals surface area (Å²) in [5.74, 6) is 0.150. The lowest BCUT2D eigenvalue weighted by molar-refractivity contribution is 0.00678. The van der Waals surface area contributed by atoms with Gasteiger partial charge in [-0.25, -0.2) is 9.78 Å². The largest absolute Gasteiger partial charge is 0.475 e. The van der Waals surface area contributed by atoms with Crippen molar-refractivity contribution < 1.29 is 14.3 Å². The van der Waals surface area contributed by atoms with E-state index < -0.39 is 5.60 Å². The molecular weight excluding hydrogens is 345 g/mol. The maximum absolute atomic E-state index is 11.9. The summed E-state index contributed by atoms with van der Waals surface area (Å²) in [6.07, 6.45) is 1.55. The van der Waals surface area contributed by atoms with Crippen molar-refractivity contribution in [3.05, 3.63) is 21.4 Å². The Kier molecular flexibility index (Phi) is 4.95. The van der Waals surface area contributed by atoms with E-state index >= 15 is 0 Å². The van der Waals surface area contributed by atoms with Gasteiger partial charge in [0.05, 0.1) is 11.7 Å². The molecule has 1 aromatic rings. The molecule has 0 bridgehead atoms. The van der Waals surface area contributed by atoms with Crippen molar-refractivity contribution >= 4 is 28.6 Å². The summed E-state index contributed by atoms with van der Waals surface area (Å²) >= 11 is 2.08. The van der Waals surface area contributed by atoms with Gasteiger partial charge in [-0.15, -0.1) is 0 Å². The second-order valence-electron chi connectivity index (χ2n) is 5.17. The minimum Gasteiger partial charge on any atom is -0.475 e. The molecule has 18 heavy (non-hydrogen) atoms. The lowest BCUT2D eigenvalue weighted by atomic mass is 10.2. The second kappa shape index (κ2) is 5.86. The number of carbonyl (C=O) groups excluding carboxylic acids is 1. The van der Waals surface area contributed by atoms with Gasteiger partial charge in [0.15, 0.2) is 0 Å². The Hall–Kier alpha value is -0.850. The van der Waals surface area contributed by atoms with Gasteiger partial charge in [0.1, 0.15) is 5.60 Å². The topological polar surface area (TPSA) is 48.4 Å². The number of carbonyl (C=O) groups is 1. The second-order valence-corrected chi connectivity index (χ2v) is 6.33. The van der Waals surface area contributed by atoms with Gasteiger partial charge in [0, 0.05) is 15.8 Å². The van der Waals surface area contributed by atoms with E-state index in [0.29, 0.717) is 11.4 Å². The first-order valence-corrected chi connectivity index (χ1v) is 6.82. The highest BCUT2D eigenvalue weighted by atomic mass is 127. The highest BCUT2D eigenvalue weighted by Gasteiger charge is 2.20. The third kappa shape index (κ3) is 4.80. The number of hydrogen-bond donors (Lipinski definition) is 0. The molecule has 0 amide bonds. The van der Waals surface area contributed by atoms with Gasteiger partial charge < -0.3 is 9.47 Å². The van der Waals surface area contributed by atoms with Gasteiger partial charge in [-0.05, 0) is 57.2 Å². The Morgan fingerprint density at radius 2 is 2.00 bits per heavy atom. The fourth-order valence-electron chi connectivity index (χ4n) is 1.20. The molecule has 0 aliphatic carbocycles. The van der Waals surface area contributed by atoms with E-state index in [9.17, 15) is 4.79 Å². The Morgan fingerprint density at radius 3 is 2.44 bits per heavy atom. The van der Waals surface area contributed by atoms with Crippen LogP contribution in [0.25, 0.3) is 0 Å². The molecule has 0 saturated heterocycles. The fraction of sp³-hybridized carbons (Fsp3) is 0.538. The van der Waals surface area contributed by atoms with E-state index in [-0.39, 0.29) is 12.1 Å². The number of nitrogens with zero attached hydrogens (tertiary/aromatic N) is 1. The molecule has 4 nitrogen and oxygen atoms in total. The number of ether oxygens (including phenoxy) is 2. The van der Waals surface area contributed by atoms with Crippen LogP contribution in [0.5, 0.6) is 5.88 Å². The molecule has 0 unspecified atom stereocenters. The summed E-state index contributed by atoms with van der Waals surface area (Å²) in [5, 5.41) is 0. The molecule has 1 heterocycles. The molecule has 0 spiro atoms. The third-order valence-corrected chi connectivity index (χ3v) is 2.70. The number of halogens is 1. The molecular formula is C13H18INO3. The van der Waals surface area contributed by atoms with Crippen LogP contribution in [0.3, 0.4) is 0 Å². The molecule has 0 aromatic carbocycles. The summed E-state index contributed by atoms with van der Waals surface area (Å²) in [6.45, 7) is 9.36. The van der Waals surface area contributed by atoms with E-state index in [1.807, 2.05) is 34.6 Å². The molecule has 0 aliphatic rings. The Bertz CT molecular complexity index is 438. The van der Waals surface area contributed by atoms with Crippen LogP contribution in [-0.4, -0.2) is 22.7 Å². The molecule has 5 heteroatoms. The lowest BCUT2D eigenvalue weighted by Gasteiger charge is -2.20. The molecule has 0 atom stereocenters. The average Bonchev–Trinajstić information content (AvgIpc) is 2.13. The van der Waals surface area contributed by atoms with Gasteiger partial charge in [0.25, 0.3) is 0 Å². The van der Waals surface area contributed by atoms with Crippen molar-refractivity contribution in [3.8, 4) is 5.88 Å². The Balaban J connectivity index is 2.89. The maximum atomic E-state index is 11.9. The summed E-state index contributed by atoms with van der Waals surface area (Å²) < 4.78 is 11.5. The smallest absolute Gasteiger partial charge is 0.341 e. The predicted molar refractivity (Wildman–Crippen MR) is 77.9 cm³/mol. The molecule has 1 rings (SSSR count). The van der Waals surface area contributed by atoms with Gasteiger partial charge in [0.2, 0.25) is 5.88 Å². The number of rotatable bonds is 3. The number of pyridine rings is 1. The monoisotopic (exact) mass is 363 g/mol. The SMILES string of the molecule is CC(C)Oc1cc(I)c(C(=O)OC(C)(C)C)cn1. The standard InChI is InChI=1S/C13H18INO3/c1-8(2)17-11-6-10(14)9(7-15-11)12(16)18-13(3,4)5/h6-8H,1-5H3. The summed E-state index contributed by atoms with van der Waals surface area (Å²) in [4.78, 5) is 16.0. The first-order chi connectivity index (χ1) is 8.19. The van der Waals surface area contributed by atoms with Crippen LogP contribution in [0.15, 0.2) is 12.3 Å². The normalized spacial score (nSPS) is 11.5. The summed E-state index contributed by atoms with van der Waals surface area (Å²) in [7, 11) is 0. The lowest BCUT2D eigenvalue weighted by Crippen LogP contribution is -2.24. The van der Waals surface area contributed by atoms with Crippen molar-refractivity contribution in [1.29, 1.82) is 0 Å². The van der Waals surface area contributed by atoms with E-state index in [1.54, 1.807) is 6.07 Å². The molecule has 1 aromatic heterocycles. The van der Waals surface area contributed by atoms with Crippen LogP contribution < -0.4 is 4.74 Å². The number of aromatic nitrogens is 1. The molecule has 0 N–H and O–H groups in total. The van der Waals surface area contributed by atoms with Gasteiger partial charge in [-0.2, -0.15) is 0 Å². The van der Waals surface area contributed by atoms with Crippen LogP contribution in [0.4, 0.5) is 0 Å². The zero-order chi connectivity index (χ0) is 13.9. The zero-order valence-electron chi connectivity index (χ0n) is 11.3. The molecule has 0 radical (unpaired) electrons. The van der Waals surface area contributed by atoms with Crippen LogP contribution in [0.2, 0.25) is 0 Å². The van der Waals surface area contributed by atoms with Gasteiger partial charge in [-0.1, -0.05) is 0 Å².